The lowest BCUT2D eigenvalue weighted by atomic mass is 9.70. The first-order valence-corrected chi connectivity index (χ1v) is 10.9. The molecule has 0 saturated heterocycles. The molecule has 0 spiro atoms. The normalized spacial score (nSPS) is 24.8. The Morgan fingerprint density at radius 1 is 0.964 bits per heavy atom. The van der Waals surface area contributed by atoms with Crippen molar-refractivity contribution in [1.82, 2.24) is 0 Å². The first kappa shape index (κ1) is 23.0. The molecule has 152 valence electrons. The fourth-order valence-corrected chi connectivity index (χ4v) is 5.98. The molecule has 0 aromatic heterocycles. The Kier molecular flexibility index (Phi) is 7.10. The summed E-state index contributed by atoms with van der Waals surface area (Å²) in [4.78, 5) is 11.9. The molecular formula is C22H27IO4S. The Morgan fingerprint density at radius 3 is 1.75 bits per heavy atom. The molecule has 6 heteroatoms. The van der Waals surface area contributed by atoms with Gasteiger partial charge in [0.15, 0.2) is 0 Å². The topological polar surface area (TPSA) is 71.4 Å². The number of halogens is 1. The number of benzene rings is 2. The number of hydrogen-bond donors (Lipinski definition) is 1. The summed E-state index contributed by atoms with van der Waals surface area (Å²) in [6, 6.07) is 20.8. The zero-order chi connectivity index (χ0) is 19.7. The van der Waals surface area contributed by atoms with Gasteiger partial charge in [0.2, 0.25) is 0 Å². The lowest BCUT2D eigenvalue weighted by molar-refractivity contribution is -0.128. The van der Waals surface area contributed by atoms with E-state index in [2.05, 4.69) is 48.5 Å². The van der Waals surface area contributed by atoms with Crippen LogP contribution >= 0.6 is 24.0 Å². The van der Waals surface area contributed by atoms with Gasteiger partial charge in [0.25, 0.3) is 10.1 Å². The molecule has 4 rings (SSSR count). The first-order valence-electron chi connectivity index (χ1n) is 9.25. The van der Waals surface area contributed by atoms with Gasteiger partial charge in [-0.05, 0) is 35.3 Å². The van der Waals surface area contributed by atoms with E-state index >= 15 is 0 Å². The molecule has 2 fully saturated rings. The zero-order valence-electron chi connectivity index (χ0n) is 16.2. The van der Waals surface area contributed by atoms with Gasteiger partial charge in [0, 0.05) is 6.42 Å². The summed E-state index contributed by atoms with van der Waals surface area (Å²) < 4.78 is 31.0. The van der Waals surface area contributed by atoms with Gasteiger partial charge < -0.3 is 0 Å². The molecule has 2 atom stereocenters. The lowest BCUT2D eigenvalue weighted by Gasteiger charge is -2.35. The van der Waals surface area contributed by atoms with Crippen LogP contribution in [0.4, 0.5) is 0 Å². The highest BCUT2D eigenvalue weighted by Gasteiger charge is 2.65. The number of hydrogen-bond acceptors (Lipinski definition) is 3. The van der Waals surface area contributed by atoms with Crippen LogP contribution in [0.5, 0.6) is 0 Å². The van der Waals surface area contributed by atoms with E-state index in [0.717, 1.165) is 6.42 Å². The molecule has 0 radical (unpaired) electrons. The van der Waals surface area contributed by atoms with Gasteiger partial charge in [0.05, 0.1) is 11.2 Å². The SMILES string of the molecule is CC1(C)C2CCC1(CS(=O)(=O)O)C(=O)C2.I.c1ccc(-c2ccccc2)cc1. The molecule has 2 saturated carbocycles. The standard InChI is InChI=1S/C12H10.C10H16O4S.HI/c1-3-7-11(8-4-1)12-9-5-2-6-10-12;1-9(2)7-3-4-10(9,8(11)5-7)6-15(12,13)14;/h1-10H;7H,3-6H2,1-2H3,(H,12,13,14);1H. The van der Waals surface area contributed by atoms with Crippen molar-refractivity contribution in [2.24, 2.45) is 16.7 Å². The number of Topliss-reactive ketones (excluding diaryl/α,β-unsaturated/α-hetero) is 1. The highest BCUT2D eigenvalue weighted by Crippen LogP contribution is 2.64. The average molecular weight is 514 g/mol. The molecule has 0 aliphatic heterocycles. The van der Waals surface area contributed by atoms with E-state index in [9.17, 15) is 13.2 Å². The minimum atomic E-state index is -4.08. The van der Waals surface area contributed by atoms with E-state index < -0.39 is 21.3 Å². The number of rotatable bonds is 3. The molecule has 0 heterocycles. The van der Waals surface area contributed by atoms with Crippen LogP contribution in [0.15, 0.2) is 60.7 Å². The average Bonchev–Trinajstić information content (AvgIpc) is 2.97. The number of carbonyl (C=O) groups is 1. The highest BCUT2D eigenvalue weighted by molar-refractivity contribution is 14.0. The number of ketones is 1. The fourth-order valence-electron chi connectivity index (χ4n) is 4.68. The molecule has 4 nitrogen and oxygen atoms in total. The second-order valence-electron chi connectivity index (χ2n) is 8.12. The van der Waals surface area contributed by atoms with Crippen LogP contribution in [-0.2, 0) is 14.9 Å². The Morgan fingerprint density at radius 2 is 1.43 bits per heavy atom. The Hall–Kier alpha value is -1.25. The van der Waals surface area contributed by atoms with E-state index in [0.29, 0.717) is 12.8 Å². The number of fused-ring (bicyclic) bond motifs is 2. The van der Waals surface area contributed by atoms with Crippen molar-refractivity contribution in [3.63, 3.8) is 0 Å². The summed E-state index contributed by atoms with van der Waals surface area (Å²) in [5.74, 6) is -0.101. The summed E-state index contributed by atoms with van der Waals surface area (Å²) in [6.45, 7) is 3.89. The predicted molar refractivity (Wildman–Crippen MR) is 122 cm³/mol. The molecule has 2 unspecified atom stereocenters. The Balaban J connectivity index is 0.000000198. The second-order valence-corrected chi connectivity index (χ2v) is 9.58. The third-order valence-corrected chi connectivity index (χ3v) is 7.31. The molecular weight excluding hydrogens is 487 g/mol. The summed E-state index contributed by atoms with van der Waals surface area (Å²) in [7, 11) is -4.08. The first-order chi connectivity index (χ1) is 12.7. The maximum absolute atomic E-state index is 11.9. The zero-order valence-corrected chi connectivity index (χ0v) is 19.3. The summed E-state index contributed by atoms with van der Waals surface area (Å²) in [6.07, 6.45) is 1.97. The maximum atomic E-state index is 11.9. The van der Waals surface area contributed by atoms with Gasteiger partial charge in [-0.15, -0.1) is 24.0 Å². The molecule has 1 N–H and O–H groups in total. The smallest absolute Gasteiger partial charge is 0.265 e. The van der Waals surface area contributed by atoms with E-state index in [1.807, 2.05) is 26.0 Å². The number of carbonyl (C=O) groups excluding carboxylic acids is 1. The van der Waals surface area contributed by atoms with Crippen molar-refractivity contribution >= 4 is 39.9 Å². The van der Waals surface area contributed by atoms with E-state index in [1.165, 1.54) is 11.1 Å². The van der Waals surface area contributed by atoms with Crippen LogP contribution in [0, 0.1) is 16.7 Å². The van der Waals surface area contributed by atoms with Gasteiger partial charge in [-0.2, -0.15) is 8.42 Å². The van der Waals surface area contributed by atoms with E-state index in [1.54, 1.807) is 0 Å². The van der Waals surface area contributed by atoms with Crippen LogP contribution in [0.25, 0.3) is 11.1 Å². The molecule has 28 heavy (non-hydrogen) atoms. The van der Waals surface area contributed by atoms with Crippen LogP contribution in [0.1, 0.15) is 33.1 Å². The van der Waals surface area contributed by atoms with Crippen molar-refractivity contribution in [2.45, 2.75) is 33.1 Å². The monoisotopic (exact) mass is 514 g/mol. The van der Waals surface area contributed by atoms with Crippen LogP contribution in [0.2, 0.25) is 0 Å². The van der Waals surface area contributed by atoms with Gasteiger partial charge >= 0.3 is 0 Å². The van der Waals surface area contributed by atoms with E-state index in [4.69, 9.17) is 4.55 Å². The molecule has 2 aliphatic rings. The summed E-state index contributed by atoms with van der Waals surface area (Å²) >= 11 is 0. The van der Waals surface area contributed by atoms with Crippen LogP contribution < -0.4 is 0 Å². The van der Waals surface area contributed by atoms with Gasteiger partial charge in [-0.3, -0.25) is 9.35 Å². The maximum Gasteiger partial charge on any atom is 0.265 e. The van der Waals surface area contributed by atoms with Crippen molar-refractivity contribution in [3.05, 3.63) is 60.7 Å². The molecule has 2 aromatic carbocycles. The van der Waals surface area contributed by atoms with Crippen molar-refractivity contribution in [2.75, 3.05) is 5.75 Å². The summed E-state index contributed by atoms with van der Waals surface area (Å²) in [5, 5.41) is 0. The fraction of sp³-hybridized carbons (Fsp3) is 0.409. The largest absolute Gasteiger partial charge is 0.299 e. The van der Waals surface area contributed by atoms with Gasteiger partial charge in [-0.1, -0.05) is 74.5 Å². The minimum Gasteiger partial charge on any atom is -0.299 e. The van der Waals surface area contributed by atoms with Crippen LogP contribution in [-0.4, -0.2) is 24.5 Å². The Bertz CT molecular complexity index is 873. The third-order valence-electron chi connectivity index (χ3n) is 6.45. The summed E-state index contributed by atoms with van der Waals surface area (Å²) in [5.41, 5.74) is 1.43. The lowest BCUT2D eigenvalue weighted by Crippen LogP contribution is -2.42. The quantitative estimate of drug-likeness (QED) is 0.449. The van der Waals surface area contributed by atoms with Crippen LogP contribution in [0.3, 0.4) is 0 Å². The molecule has 2 aromatic rings. The van der Waals surface area contributed by atoms with Crippen molar-refractivity contribution in [1.29, 1.82) is 0 Å². The van der Waals surface area contributed by atoms with Crippen molar-refractivity contribution < 1.29 is 17.8 Å². The second kappa shape index (κ2) is 8.63. The highest BCUT2D eigenvalue weighted by atomic mass is 127. The minimum absolute atomic E-state index is 0. The predicted octanol–water partition coefficient (Wildman–Crippen LogP) is 5.24. The van der Waals surface area contributed by atoms with E-state index in [-0.39, 0.29) is 41.1 Å². The molecule has 2 aliphatic carbocycles. The van der Waals surface area contributed by atoms with Gasteiger partial charge in [0.1, 0.15) is 5.78 Å². The third kappa shape index (κ3) is 4.49. The molecule has 0 amide bonds. The Labute approximate surface area is 184 Å². The molecule has 2 bridgehead atoms. The van der Waals surface area contributed by atoms with Crippen molar-refractivity contribution in [3.8, 4) is 11.1 Å². The van der Waals surface area contributed by atoms with Gasteiger partial charge in [-0.25, -0.2) is 0 Å².